The van der Waals surface area contributed by atoms with Crippen LogP contribution >= 0.6 is 11.6 Å². The van der Waals surface area contributed by atoms with E-state index < -0.39 is 0 Å². The van der Waals surface area contributed by atoms with E-state index in [1.54, 1.807) is 6.92 Å². The predicted octanol–water partition coefficient (Wildman–Crippen LogP) is 1.33. The molecular formula is C4H5ClO. The first-order valence-electron chi connectivity index (χ1n) is 1.55. The Balaban J connectivity index is 3.41. The minimum absolute atomic E-state index is 0.519. The highest BCUT2D eigenvalue weighted by molar-refractivity contribution is 6.30. The lowest BCUT2D eigenvalue weighted by atomic mass is 10.6. The van der Waals surface area contributed by atoms with Gasteiger partial charge < -0.3 is 0 Å². The van der Waals surface area contributed by atoms with E-state index in [1.165, 1.54) is 6.08 Å². The summed E-state index contributed by atoms with van der Waals surface area (Å²) < 4.78 is 0. The maximum absolute atomic E-state index is 9.45. The second-order valence-corrected chi connectivity index (χ2v) is 1.49. The van der Waals surface area contributed by atoms with Gasteiger partial charge in [0.1, 0.15) is 6.29 Å². The molecule has 34 valence electrons. The number of hydrogen-bond acceptors (Lipinski definition) is 1. The lowest BCUT2D eigenvalue weighted by molar-refractivity contribution is -0.104. The van der Waals surface area contributed by atoms with Gasteiger partial charge >= 0.3 is 0 Å². The van der Waals surface area contributed by atoms with E-state index in [0.717, 1.165) is 0 Å². The van der Waals surface area contributed by atoms with Gasteiger partial charge in [0.05, 0.1) is 0 Å². The van der Waals surface area contributed by atoms with Crippen LogP contribution in [0.25, 0.3) is 0 Å². The van der Waals surface area contributed by atoms with E-state index in [2.05, 4.69) is 0 Å². The van der Waals surface area contributed by atoms with E-state index in [4.69, 9.17) is 11.6 Å². The zero-order chi connectivity index (χ0) is 4.99. The fourth-order valence-corrected chi connectivity index (χ4v) is 0.145. The van der Waals surface area contributed by atoms with Crippen molar-refractivity contribution in [3.05, 3.63) is 11.1 Å². The Morgan fingerprint density at radius 3 is 2.33 bits per heavy atom. The molecule has 0 aromatic carbocycles. The molecule has 0 heterocycles. The minimum Gasteiger partial charge on any atom is -0.299 e. The normalized spacial score (nSPS) is 11.3. The van der Waals surface area contributed by atoms with Gasteiger partial charge in [0, 0.05) is 5.03 Å². The number of halogens is 1. The van der Waals surface area contributed by atoms with Crippen molar-refractivity contribution in [3.8, 4) is 0 Å². The monoisotopic (exact) mass is 104 g/mol. The Kier molecular flexibility index (Phi) is 2.77. The standard InChI is InChI=1S/C4H5ClO/c1-4(5)2-3-6/h2-3H,1H3. The van der Waals surface area contributed by atoms with Crippen LogP contribution in [-0.4, -0.2) is 6.29 Å². The molecule has 0 N–H and O–H groups in total. The van der Waals surface area contributed by atoms with Crippen molar-refractivity contribution in [1.29, 1.82) is 0 Å². The second kappa shape index (κ2) is 2.91. The van der Waals surface area contributed by atoms with Gasteiger partial charge in [-0.2, -0.15) is 0 Å². The zero-order valence-corrected chi connectivity index (χ0v) is 4.20. The number of hydrogen-bond donors (Lipinski definition) is 0. The highest BCUT2D eigenvalue weighted by atomic mass is 35.5. The van der Waals surface area contributed by atoms with Crippen molar-refractivity contribution in [2.24, 2.45) is 0 Å². The summed E-state index contributed by atoms with van der Waals surface area (Å²) in [4.78, 5) is 9.45. The molecule has 0 fully saturated rings. The van der Waals surface area contributed by atoms with E-state index in [9.17, 15) is 4.79 Å². The molecule has 0 saturated carbocycles. The third-order valence-electron chi connectivity index (χ3n) is 0.298. The summed E-state index contributed by atoms with van der Waals surface area (Å²) in [5, 5.41) is 0.519. The van der Waals surface area contributed by atoms with Crippen LogP contribution < -0.4 is 0 Å². The van der Waals surface area contributed by atoms with Crippen molar-refractivity contribution >= 4 is 17.9 Å². The van der Waals surface area contributed by atoms with Gasteiger partial charge in [-0.1, -0.05) is 11.6 Å². The lowest BCUT2D eigenvalue weighted by Gasteiger charge is -1.70. The summed E-state index contributed by atoms with van der Waals surface area (Å²) in [6.45, 7) is 1.65. The Morgan fingerprint density at radius 1 is 1.83 bits per heavy atom. The molecule has 0 bridgehead atoms. The summed E-state index contributed by atoms with van der Waals surface area (Å²) in [7, 11) is 0. The van der Waals surface area contributed by atoms with Crippen LogP contribution in [-0.2, 0) is 4.79 Å². The van der Waals surface area contributed by atoms with Crippen LogP contribution in [0.5, 0.6) is 0 Å². The molecule has 0 spiro atoms. The highest BCUT2D eigenvalue weighted by Gasteiger charge is 1.70. The van der Waals surface area contributed by atoms with Crippen molar-refractivity contribution in [3.63, 3.8) is 0 Å². The number of carbonyl (C=O) groups excluding carboxylic acids is 1. The van der Waals surface area contributed by atoms with Gasteiger partial charge in [-0.25, -0.2) is 0 Å². The Bertz CT molecular complexity index is 71.6. The van der Waals surface area contributed by atoms with Crippen LogP contribution in [0.2, 0.25) is 0 Å². The smallest absolute Gasteiger partial charge is 0.143 e. The third kappa shape index (κ3) is 3.70. The van der Waals surface area contributed by atoms with Gasteiger partial charge in [-0.3, -0.25) is 4.79 Å². The molecule has 0 radical (unpaired) electrons. The van der Waals surface area contributed by atoms with Crippen LogP contribution in [0.15, 0.2) is 11.1 Å². The largest absolute Gasteiger partial charge is 0.299 e. The maximum Gasteiger partial charge on any atom is 0.143 e. The Morgan fingerprint density at radius 2 is 2.33 bits per heavy atom. The summed E-state index contributed by atoms with van der Waals surface area (Å²) >= 11 is 5.21. The van der Waals surface area contributed by atoms with Crippen molar-refractivity contribution in [2.75, 3.05) is 0 Å². The predicted molar refractivity (Wildman–Crippen MR) is 25.7 cm³/mol. The molecule has 0 amide bonds. The quantitative estimate of drug-likeness (QED) is 0.362. The van der Waals surface area contributed by atoms with Crippen molar-refractivity contribution in [2.45, 2.75) is 6.92 Å². The van der Waals surface area contributed by atoms with Crippen LogP contribution in [0, 0.1) is 0 Å². The summed E-state index contributed by atoms with van der Waals surface area (Å²) in [5.41, 5.74) is 0. The molecular weight excluding hydrogens is 99.5 g/mol. The third-order valence-corrected chi connectivity index (χ3v) is 0.424. The molecule has 0 saturated heterocycles. The first kappa shape index (κ1) is 5.70. The van der Waals surface area contributed by atoms with Crippen LogP contribution in [0.3, 0.4) is 0 Å². The Labute approximate surface area is 41.6 Å². The van der Waals surface area contributed by atoms with Gasteiger partial charge in [-0.15, -0.1) is 0 Å². The molecule has 0 aliphatic heterocycles. The molecule has 6 heavy (non-hydrogen) atoms. The molecule has 0 rings (SSSR count). The van der Waals surface area contributed by atoms with Crippen LogP contribution in [0.1, 0.15) is 6.92 Å². The van der Waals surface area contributed by atoms with E-state index in [0.29, 0.717) is 11.3 Å². The summed E-state index contributed by atoms with van der Waals surface area (Å²) in [6.07, 6.45) is 1.95. The number of rotatable bonds is 1. The molecule has 0 aromatic rings. The van der Waals surface area contributed by atoms with E-state index in [-0.39, 0.29) is 0 Å². The zero-order valence-electron chi connectivity index (χ0n) is 3.44. The molecule has 0 aliphatic carbocycles. The van der Waals surface area contributed by atoms with E-state index >= 15 is 0 Å². The molecule has 0 aromatic heterocycles. The fourth-order valence-electron chi connectivity index (χ4n) is 0.0938. The molecule has 2 heteroatoms. The van der Waals surface area contributed by atoms with Crippen molar-refractivity contribution < 1.29 is 4.79 Å². The topological polar surface area (TPSA) is 17.1 Å². The average Bonchev–Trinajstić information content (AvgIpc) is 1.35. The van der Waals surface area contributed by atoms with Gasteiger partial charge in [-0.05, 0) is 13.0 Å². The summed E-state index contributed by atoms with van der Waals surface area (Å²) in [6, 6.07) is 0. The number of allylic oxidation sites excluding steroid dienone is 2. The van der Waals surface area contributed by atoms with Gasteiger partial charge in [0.25, 0.3) is 0 Å². The summed E-state index contributed by atoms with van der Waals surface area (Å²) in [5.74, 6) is 0. The fraction of sp³-hybridized carbons (Fsp3) is 0.250. The average molecular weight is 105 g/mol. The molecule has 0 aliphatic rings. The highest BCUT2D eigenvalue weighted by Crippen LogP contribution is 1.93. The molecule has 1 nitrogen and oxygen atoms in total. The molecule has 0 unspecified atom stereocenters. The first-order chi connectivity index (χ1) is 2.77. The van der Waals surface area contributed by atoms with Gasteiger partial charge in [0.2, 0.25) is 0 Å². The SMILES string of the molecule is CC(Cl)=CC=O. The van der Waals surface area contributed by atoms with Crippen molar-refractivity contribution in [1.82, 2.24) is 0 Å². The first-order valence-corrected chi connectivity index (χ1v) is 1.92. The van der Waals surface area contributed by atoms with Gasteiger partial charge in [0.15, 0.2) is 0 Å². The number of carbonyl (C=O) groups is 1. The minimum atomic E-state index is 0.519. The number of aldehydes is 1. The van der Waals surface area contributed by atoms with E-state index in [1.807, 2.05) is 0 Å². The maximum atomic E-state index is 9.45. The molecule has 0 atom stereocenters. The second-order valence-electron chi connectivity index (χ2n) is 0.890. The Hall–Kier alpha value is -0.300. The lowest BCUT2D eigenvalue weighted by Crippen LogP contribution is -1.58. The van der Waals surface area contributed by atoms with Crippen LogP contribution in [0.4, 0.5) is 0 Å².